The summed E-state index contributed by atoms with van der Waals surface area (Å²) in [6.07, 6.45) is 0. The number of hydrogen-bond donors (Lipinski definition) is 0. The van der Waals surface area contributed by atoms with Gasteiger partial charge in [-0.2, -0.15) is 0 Å². The Morgan fingerprint density at radius 3 is 1.00 bits per heavy atom. The third-order valence-electron chi connectivity index (χ3n) is 0. The van der Waals surface area contributed by atoms with E-state index in [1.165, 1.54) is 0 Å². The van der Waals surface area contributed by atoms with E-state index in [1.807, 2.05) is 0 Å². The first-order valence-corrected chi connectivity index (χ1v) is 10.8. The zero-order valence-corrected chi connectivity index (χ0v) is 8.01. The van der Waals surface area contributed by atoms with E-state index in [-0.39, 0.29) is 11.0 Å². The van der Waals surface area contributed by atoms with Gasteiger partial charge in [0.25, 0.3) is 0 Å². The van der Waals surface area contributed by atoms with Crippen LogP contribution in [0.2, 0.25) is 0 Å². The molecule has 0 aliphatic carbocycles. The molecule has 4 N–H and O–H groups in total. The van der Waals surface area contributed by atoms with Crippen molar-refractivity contribution in [3.05, 3.63) is 0 Å². The second kappa shape index (κ2) is 18.5. The van der Waals surface area contributed by atoms with Crippen LogP contribution in [-0.2, 0) is 0 Å². The van der Waals surface area contributed by atoms with Gasteiger partial charge in [0.2, 0.25) is 0 Å². The van der Waals surface area contributed by atoms with Crippen LogP contribution in [0.5, 0.6) is 0 Å². The van der Waals surface area contributed by atoms with Crippen molar-refractivity contribution in [2.24, 2.45) is 0 Å². The van der Waals surface area contributed by atoms with Crippen LogP contribution in [0, 0.1) is 0 Å². The molecule has 0 heterocycles. The summed E-state index contributed by atoms with van der Waals surface area (Å²) in [5.74, 6) is 0. The van der Waals surface area contributed by atoms with Gasteiger partial charge in [0.1, 0.15) is 0 Å². The van der Waals surface area contributed by atoms with E-state index in [4.69, 9.17) is 17.8 Å². The molecule has 0 unspecified atom stereocenters. The Kier molecular flexibility index (Phi) is 60.2. The second-order valence-electron chi connectivity index (χ2n) is 0.101. The average molecular weight is 228 g/mol. The summed E-state index contributed by atoms with van der Waals surface area (Å²) in [7, 11) is 9.95. The summed E-state index contributed by atoms with van der Waals surface area (Å²) in [5.41, 5.74) is 0. The van der Waals surface area contributed by atoms with Crippen LogP contribution in [0.4, 0.5) is 0 Å². The van der Waals surface area contributed by atoms with Crippen LogP contribution in [0.25, 0.3) is 0 Å². The molecule has 2 nitrogen and oxygen atoms in total. The normalized spacial score (nSPS) is 3.60. The maximum atomic E-state index is 4.97. The molecule has 0 amide bonds. The van der Waals surface area contributed by atoms with Gasteiger partial charge < -0.3 is 11.0 Å². The molecule has 0 spiro atoms. The third kappa shape index (κ3) is 34.2. The average Bonchev–Trinajstić information content (AvgIpc) is 0.918. The molecule has 0 saturated heterocycles. The molecular weight excluding hydrogens is 222 g/mol. The molecule has 5 heteroatoms. The molecule has 0 aliphatic heterocycles. The zero-order valence-electron chi connectivity index (χ0n) is 2.46. The van der Waals surface area contributed by atoms with Crippen LogP contribution in [0.15, 0.2) is 0 Å². The van der Waals surface area contributed by atoms with E-state index < -0.39 is 18.9 Å². The maximum absolute atomic E-state index is 4.97. The fourth-order valence-electron chi connectivity index (χ4n) is 0. The Bertz CT molecular complexity index is 7.61. The van der Waals surface area contributed by atoms with E-state index in [0.717, 1.165) is 0 Å². The standard InChI is InChI=1S/2ClH.2H2O.Sn.2H/h2*1H;2*1H2;;;/q;;;;+2;;/p-2. The van der Waals surface area contributed by atoms with Gasteiger partial charge in [-0.3, -0.25) is 0 Å². The predicted molar refractivity (Wildman–Crippen MR) is 27.5 cm³/mol. The van der Waals surface area contributed by atoms with Crippen LogP contribution in [0.1, 0.15) is 0 Å². The van der Waals surface area contributed by atoms with Crippen molar-refractivity contribution in [2.75, 3.05) is 0 Å². The predicted octanol–water partition coefficient (Wildman–Crippen LogP) is -1.19. The van der Waals surface area contributed by atoms with Crippen molar-refractivity contribution in [1.29, 1.82) is 0 Å². The molecular formula is H6Cl2O2Sn. The molecule has 0 saturated carbocycles. The minimum absolute atomic E-state index is 0. The van der Waals surface area contributed by atoms with Gasteiger partial charge in [-0.1, -0.05) is 0 Å². The van der Waals surface area contributed by atoms with Crippen molar-refractivity contribution in [1.82, 2.24) is 0 Å². The van der Waals surface area contributed by atoms with Crippen LogP contribution in [0.3, 0.4) is 0 Å². The summed E-state index contributed by atoms with van der Waals surface area (Å²) in [4.78, 5) is 0. The number of hydrogen-bond acceptors (Lipinski definition) is 0. The molecule has 0 aromatic rings. The quantitative estimate of drug-likeness (QED) is 0.468. The molecule has 0 bridgehead atoms. The van der Waals surface area contributed by atoms with E-state index in [1.54, 1.807) is 0 Å². The first-order valence-electron chi connectivity index (χ1n) is 0.535. The zero-order chi connectivity index (χ0) is 2.71. The van der Waals surface area contributed by atoms with Gasteiger partial charge in [0, 0.05) is 0 Å². The number of halogens is 2. The molecule has 0 radical (unpaired) electrons. The molecule has 0 rings (SSSR count). The van der Waals surface area contributed by atoms with Crippen molar-refractivity contribution in [2.45, 2.75) is 0 Å². The van der Waals surface area contributed by atoms with Gasteiger partial charge >= 0.3 is 36.7 Å². The molecule has 0 aromatic carbocycles. The Balaban J connectivity index is -0.0000000200. The topological polar surface area (TPSA) is 63.0 Å². The summed E-state index contributed by atoms with van der Waals surface area (Å²) in [6, 6.07) is 0. The van der Waals surface area contributed by atoms with Gasteiger partial charge in [0.05, 0.1) is 0 Å². The van der Waals surface area contributed by atoms with Crippen molar-refractivity contribution >= 4 is 36.7 Å². The first kappa shape index (κ1) is 16.3. The number of rotatable bonds is 0. The Morgan fingerprint density at radius 1 is 1.00 bits per heavy atom. The fourth-order valence-corrected chi connectivity index (χ4v) is 0. The van der Waals surface area contributed by atoms with E-state index in [2.05, 4.69) is 0 Å². The van der Waals surface area contributed by atoms with E-state index >= 15 is 0 Å². The Hall–Kier alpha value is 1.30. The molecule has 0 fully saturated rings. The van der Waals surface area contributed by atoms with Crippen molar-refractivity contribution < 1.29 is 11.0 Å². The minimum atomic E-state index is -1.07. The van der Waals surface area contributed by atoms with Crippen LogP contribution < -0.4 is 0 Å². The fraction of sp³-hybridized carbons (Fsp3) is 0. The Labute approximate surface area is 47.7 Å². The molecule has 5 heavy (non-hydrogen) atoms. The van der Waals surface area contributed by atoms with E-state index in [9.17, 15) is 0 Å². The van der Waals surface area contributed by atoms with Crippen LogP contribution in [-0.4, -0.2) is 29.8 Å². The van der Waals surface area contributed by atoms with Crippen LogP contribution >= 0.6 is 17.8 Å². The second-order valence-corrected chi connectivity index (χ2v) is 6.10. The first-order chi connectivity index (χ1) is 1.41. The molecule has 0 aliphatic rings. The van der Waals surface area contributed by atoms with E-state index in [0.29, 0.717) is 0 Å². The van der Waals surface area contributed by atoms with Crippen molar-refractivity contribution in [3.8, 4) is 0 Å². The summed E-state index contributed by atoms with van der Waals surface area (Å²) < 4.78 is 0. The van der Waals surface area contributed by atoms with Gasteiger partial charge in [0.15, 0.2) is 0 Å². The summed E-state index contributed by atoms with van der Waals surface area (Å²) in [5, 5.41) is 0. The summed E-state index contributed by atoms with van der Waals surface area (Å²) in [6.45, 7) is 0. The van der Waals surface area contributed by atoms with Crippen molar-refractivity contribution in [3.63, 3.8) is 0 Å². The monoisotopic (exact) mass is 228 g/mol. The Morgan fingerprint density at radius 2 is 1.00 bits per heavy atom. The summed E-state index contributed by atoms with van der Waals surface area (Å²) >= 11 is -1.07. The third-order valence-corrected chi connectivity index (χ3v) is 0. The molecule has 36 valence electrons. The van der Waals surface area contributed by atoms with Gasteiger partial charge in [-0.05, 0) is 0 Å². The molecule has 0 aromatic heterocycles. The SMILES string of the molecule is O.O.[Cl][SnH2][Cl]. The van der Waals surface area contributed by atoms with Gasteiger partial charge in [-0.25, -0.2) is 0 Å². The molecule has 0 atom stereocenters. The van der Waals surface area contributed by atoms with Gasteiger partial charge in [-0.15, -0.1) is 0 Å².